The van der Waals surface area contributed by atoms with Crippen LogP contribution >= 0.6 is 11.8 Å². The molecule has 0 aliphatic carbocycles. The summed E-state index contributed by atoms with van der Waals surface area (Å²) in [7, 11) is 0. The number of benzene rings is 1. The largest absolute Gasteiger partial charge is 0.197 e. The Morgan fingerprint density at radius 1 is 1.12 bits per heavy atom. The molecule has 0 spiro atoms. The third-order valence-corrected chi connectivity index (χ3v) is 4.37. The predicted molar refractivity (Wildman–Crippen MR) is 70.7 cm³/mol. The maximum Gasteiger partial charge on any atom is 0.0986 e. The second-order valence-corrected chi connectivity index (χ2v) is 5.79. The summed E-state index contributed by atoms with van der Waals surface area (Å²) in [4.78, 5) is 1.27. The summed E-state index contributed by atoms with van der Waals surface area (Å²) in [6.45, 7) is 10.5. The minimum atomic E-state index is 0.0418. The molecular formula is C14H19NS. The van der Waals surface area contributed by atoms with E-state index in [2.05, 4.69) is 52.8 Å². The molecule has 0 aliphatic heterocycles. The molecule has 2 heteroatoms. The van der Waals surface area contributed by atoms with Crippen molar-refractivity contribution in [1.29, 1.82) is 5.26 Å². The summed E-state index contributed by atoms with van der Waals surface area (Å²) >= 11 is 1.70. The van der Waals surface area contributed by atoms with E-state index in [1.165, 1.54) is 21.6 Å². The molecule has 0 N–H and O–H groups in total. The summed E-state index contributed by atoms with van der Waals surface area (Å²) in [6.07, 6.45) is 0. The van der Waals surface area contributed by atoms with E-state index in [0.717, 1.165) is 0 Å². The molecule has 0 aromatic heterocycles. The zero-order valence-corrected chi connectivity index (χ0v) is 11.5. The number of thioether (sulfide) groups is 1. The van der Waals surface area contributed by atoms with E-state index in [4.69, 9.17) is 5.26 Å². The summed E-state index contributed by atoms with van der Waals surface area (Å²) in [6, 6.07) is 6.75. The fourth-order valence-corrected chi connectivity index (χ4v) is 2.86. The lowest BCUT2D eigenvalue weighted by Crippen LogP contribution is -2.08. The van der Waals surface area contributed by atoms with Crippen LogP contribution in [-0.4, -0.2) is 5.25 Å². The average Bonchev–Trinajstić information content (AvgIpc) is 2.15. The molecule has 1 aromatic rings. The van der Waals surface area contributed by atoms with Crippen LogP contribution in [0.5, 0.6) is 0 Å². The maximum atomic E-state index is 9.12. The minimum absolute atomic E-state index is 0.0418. The predicted octanol–water partition coefficient (Wildman–Crippen LogP) is 4.25. The summed E-state index contributed by atoms with van der Waals surface area (Å²) < 4.78 is 0. The van der Waals surface area contributed by atoms with Gasteiger partial charge in [-0.1, -0.05) is 31.5 Å². The van der Waals surface area contributed by atoms with E-state index in [1.807, 2.05) is 0 Å². The zero-order chi connectivity index (χ0) is 12.3. The van der Waals surface area contributed by atoms with Gasteiger partial charge < -0.3 is 0 Å². The summed E-state index contributed by atoms with van der Waals surface area (Å²) in [5.41, 5.74) is 3.85. The maximum absolute atomic E-state index is 9.12. The normalized spacial score (nSPS) is 12.6. The van der Waals surface area contributed by atoms with Gasteiger partial charge in [-0.25, -0.2) is 0 Å². The lowest BCUT2D eigenvalue weighted by Gasteiger charge is -2.16. The van der Waals surface area contributed by atoms with Crippen molar-refractivity contribution in [2.75, 3.05) is 0 Å². The third-order valence-electron chi connectivity index (χ3n) is 2.58. The fraction of sp³-hybridized carbons (Fsp3) is 0.500. The molecule has 0 radical (unpaired) electrons. The van der Waals surface area contributed by atoms with Gasteiger partial charge in [0.15, 0.2) is 0 Å². The second-order valence-electron chi connectivity index (χ2n) is 4.64. The number of hydrogen-bond acceptors (Lipinski definition) is 2. The van der Waals surface area contributed by atoms with Gasteiger partial charge >= 0.3 is 0 Å². The number of nitriles is 1. The van der Waals surface area contributed by atoms with Gasteiger partial charge in [-0.05, 0) is 37.8 Å². The fourth-order valence-electron chi connectivity index (χ4n) is 1.79. The zero-order valence-electron chi connectivity index (χ0n) is 10.7. The highest BCUT2D eigenvalue weighted by Gasteiger charge is 2.16. The second kappa shape index (κ2) is 5.41. The van der Waals surface area contributed by atoms with Gasteiger partial charge in [-0.2, -0.15) is 5.26 Å². The Labute approximate surface area is 103 Å². The Hall–Kier alpha value is -0.940. The van der Waals surface area contributed by atoms with Crippen LogP contribution in [0, 0.1) is 38.0 Å². The van der Waals surface area contributed by atoms with E-state index in [1.54, 1.807) is 11.8 Å². The molecule has 16 heavy (non-hydrogen) atoms. The number of hydrogen-bond donors (Lipinski definition) is 0. The van der Waals surface area contributed by atoms with Gasteiger partial charge in [0.2, 0.25) is 0 Å². The molecule has 1 unspecified atom stereocenters. The van der Waals surface area contributed by atoms with Crippen molar-refractivity contribution in [3.05, 3.63) is 28.8 Å². The first-order chi connectivity index (χ1) is 7.45. The molecule has 0 amide bonds. The lowest BCUT2D eigenvalue weighted by molar-refractivity contribution is 0.685. The highest BCUT2D eigenvalue weighted by atomic mass is 32.2. The van der Waals surface area contributed by atoms with E-state index < -0.39 is 0 Å². The van der Waals surface area contributed by atoms with Gasteiger partial charge in [0.1, 0.15) is 0 Å². The average molecular weight is 233 g/mol. The molecule has 0 saturated carbocycles. The molecule has 1 atom stereocenters. The van der Waals surface area contributed by atoms with Crippen LogP contribution in [0.3, 0.4) is 0 Å². The molecule has 0 saturated heterocycles. The Kier molecular flexibility index (Phi) is 4.44. The van der Waals surface area contributed by atoms with Crippen molar-refractivity contribution in [1.82, 2.24) is 0 Å². The molecule has 1 nitrogen and oxygen atoms in total. The van der Waals surface area contributed by atoms with Crippen molar-refractivity contribution in [2.45, 2.75) is 44.8 Å². The topological polar surface area (TPSA) is 23.8 Å². The molecule has 0 aliphatic rings. The van der Waals surface area contributed by atoms with Crippen LogP contribution < -0.4 is 0 Å². The molecule has 0 fully saturated rings. The van der Waals surface area contributed by atoms with Crippen molar-refractivity contribution in [3.8, 4) is 6.07 Å². The van der Waals surface area contributed by atoms with Crippen LogP contribution in [0.2, 0.25) is 0 Å². The summed E-state index contributed by atoms with van der Waals surface area (Å²) in [5.74, 6) is 0.384. The molecule has 1 aromatic carbocycles. The Bertz CT molecular complexity index is 392. The first-order valence-corrected chi connectivity index (χ1v) is 6.47. The van der Waals surface area contributed by atoms with Crippen LogP contribution in [0.15, 0.2) is 17.0 Å². The lowest BCUT2D eigenvalue weighted by atomic mass is 10.1. The number of nitrogens with zero attached hydrogens (tertiary/aromatic N) is 1. The molecule has 86 valence electrons. The van der Waals surface area contributed by atoms with Gasteiger partial charge in [0, 0.05) is 4.90 Å². The Balaban J connectivity index is 3.02. The van der Waals surface area contributed by atoms with Gasteiger partial charge in [0.05, 0.1) is 11.3 Å². The number of aryl methyl sites for hydroxylation is 3. The molecule has 1 rings (SSSR count). The molecule has 0 heterocycles. The van der Waals surface area contributed by atoms with Crippen molar-refractivity contribution in [3.63, 3.8) is 0 Å². The van der Waals surface area contributed by atoms with Crippen LogP contribution in [-0.2, 0) is 0 Å². The third kappa shape index (κ3) is 3.02. The van der Waals surface area contributed by atoms with Crippen molar-refractivity contribution < 1.29 is 0 Å². The Morgan fingerprint density at radius 3 is 2.00 bits per heavy atom. The van der Waals surface area contributed by atoms with Crippen LogP contribution in [0.25, 0.3) is 0 Å². The van der Waals surface area contributed by atoms with E-state index in [-0.39, 0.29) is 5.25 Å². The van der Waals surface area contributed by atoms with E-state index in [0.29, 0.717) is 5.92 Å². The highest BCUT2D eigenvalue weighted by Crippen LogP contribution is 2.33. The summed E-state index contributed by atoms with van der Waals surface area (Å²) in [5, 5.41) is 9.17. The van der Waals surface area contributed by atoms with Crippen LogP contribution in [0.4, 0.5) is 0 Å². The standard InChI is InChI=1S/C14H19NS/c1-9(2)13(8-15)16-14-11(4)6-10(3)7-12(14)5/h6-7,9,13H,1-5H3. The quantitative estimate of drug-likeness (QED) is 0.729. The highest BCUT2D eigenvalue weighted by molar-refractivity contribution is 8.00. The van der Waals surface area contributed by atoms with Gasteiger partial charge in [-0.3, -0.25) is 0 Å². The molecule has 0 bridgehead atoms. The number of rotatable bonds is 3. The van der Waals surface area contributed by atoms with Gasteiger partial charge in [-0.15, -0.1) is 11.8 Å². The monoisotopic (exact) mass is 233 g/mol. The van der Waals surface area contributed by atoms with Gasteiger partial charge in [0.25, 0.3) is 0 Å². The van der Waals surface area contributed by atoms with E-state index >= 15 is 0 Å². The van der Waals surface area contributed by atoms with E-state index in [9.17, 15) is 0 Å². The SMILES string of the molecule is Cc1cc(C)c(SC(C#N)C(C)C)c(C)c1. The minimum Gasteiger partial charge on any atom is -0.197 e. The molecular weight excluding hydrogens is 214 g/mol. The van der Waals surface area contributed by atoms with Crippen molar-refractivity contribution >= 4 is 11.8 Å². The first kappa shape index (κ1) is 13.1. The van der Waals surface area contributed by atoms with Crippen LogP contribution in [0.1, 0.15) is 30.5 Å². The first-order valence-electron chi connectivity index (χ1n) is 5.59. The smallest absolute Gasteiger partial charge is 0.0986 e. The Morgan fingerprint density at radius 2 is 1.62 bits per heavy atom. The van der Waals surface area contributed by atoms with Crippen molar-refractivity contribution in [2.24, 2.45) is 5.92 Å².